The number of unbranched alkanes of at least 4 members (excludes halogenated alkanes) is 1. The van der Waals surface area contributed by atoms with E-state index in [4.69, 9.17) is 11.5 Å². The molecule has 20 heavy (non-hydrogen) atoms. The summed E-state index contributed by atoms with van der Waals surface area (Å²) in [5.74, 6) is 0. The maximum absolute atomic E-state index is 10.0. The molecule has 8 nitrogen and oxygen atoms in total. The van der Waals surface area contributed by atoms with E-state index in [9.17, 15) is 28.7 Å². The number of hydrogen-bond donors (Lipinski definition) is 2. The van der Waals surface area contributed by atoms with Crippen molar-refractivity contribution in [1.82, 2.24) is 0 Å². The van der Waals surface area contributed by atoms with Crippen LogP contribution in [0, 0.1) is 0 Å². The third kappa shape index (κ3) is 49.8. The molecule has 0 aliphatic heterocycles. The molecule has 0 spiro atoms. The smallest absolute Gasteiger partial charge is 0.811 e. The molecule has 0 unspecified atom stereocenters. The van der Waals surface area contributed by atoms with Gasteiger partial charge in [-0.15, -0.1) is 0 Å². The molecule has 0 fully saturated rings. The molecule has 0 saturated heterocycles. The van der Waals surface area contributed by atoms with E-state index in [0.717, 1.165) is 0 Å². The Hall–Kier alpha value is 6.77. The summed E-state index contributed by atoms with van der Waals surface area (Å²) in [5.41, 5.74) is 9.81. The van der Waals surface area contributed by atoms with E-state index in [2.05, 4.69) is 0 Å². The number of rotatable bonds is 6. The average molecular weight is 431 g/mol. The Bertz CT molecular complexity index is 238. The van der Waals surface area contributed by atoms with Gasteiger partial charge in [0, 0.05) is 13.1 Å². The van der Waals surface area contributed by atoms with Crippen LogP contribution in [-0.4, -0.2) is 25.4 Å². The molecule has 100 valence electrons. The van der Waals surface area contributed by atoms with Gasteiger partial charge in [-0.25, -0.2) is 0 Å². The fourth-order valence-electron chi connectivity index (χ4n) is 0.611. The monoisotopic (exact) mass is 430 g/mol. The van der Waals surface area contributed by atoms with Gasteiger partial charge in [0.2, 0.25) is 0 Å². The van der Waals surface area contributed by atoms with E-state index < -0.39 is 27.5 Å². The van der Waals surface area contributed by atoms with Crippen LogP contribution in [0.15, 0.2) is 0 Å². The van der Waals surface area contributed by atoms with Crippen LogP contribution in [0.2, 0.25) is 0 Å². The SMILES string of the molecule is NCCN.O=P([O-])([O-])CCCCP(=O)([O-])[O-].[K+].[K+].[K+].[K+]. The van der Waals surface area contributed by atoms with Gasteiger partial charge in [0.1, 0.15) is 0 Å². The Morgan fingerprint density at radius 3 is 0.950 bits per heavy atom. The summed E-state index contributed by atoms with van der Waals surface area (Å²) < 4.78 is 20.0. The molecule has 0 atom stereocenters. The third-order valence-corrected chi connectivity index (χ3v) is 3.01. The molecule has 0 rings (SSSR count). The van der Waals surface area contributed by atoms with Gasteiger partial charge in [-0.2, -0.15) is 0 Å². The van der Waals surface area contributed by atoms with E-state index >= 15 is 0 Å². The van der Waals surface area contributed by atoms with Gasteiger partial charge in [-0.1, -0.05) is 15.2 Å². The molecule has 0 saturated carbocycles. The zero-order valence-electron chi connectivity index (χ0n) is 12.7. The molecule has 0 bridgehead atoms. The normalized spacial score (nSPS) is 9.50. The minimum atomic E-state index is -4.54. The van der Waals surface area contributed by atoms with E-state index in [-0.39, 0.29) is 218 Å². The fourth-order valence-corrected chi connectivity index (χ4v) is 1.83. The van der Waals surface area contributed by atoms with Crippen molar-refractivity contribution in [3.63, 3.8) is 0 Å². The maximum atomic E-state index is 10.0. The number of nitrogens with two attached hydrogens (primary N) is 2. The van der Waals surface area contributed by atoms with Crippen LogP contribution in [0.4, 0.5) is 0 Å². The van der Waals surface area contributed by atoms with E-state index in [1.165, 1.54) is 0 Å². The predicted molar refractivity (Wildman–Crippen MR) is 52.3 cm³/mol. The van der Waals surface area contributed by atoms with Crippen molar-refractivity contribution >= 4 is 15.2 Å². The van der Waals surface area contributed by atoms with Crippen LogP contribution >= 0.6 is 15.2 Å². The Labute approximate surface area is 290 Å². The van der Waals surface area contributed by atoms with Crippen LogP contribution in [-0.2, 0) is 9.13 Å². The third-order valence-electron chi connectivity index (χ3n) is 1.28. The van der Waals surface area contributed by atoms with E-state index in [1.54, 1.807) is 0 Å². The van der Waals surface area contributed by atoms with Gasteiger partial charge < -0.3 is 40.2 Å². The molecule has 14 heteroatoms. The van der Waals surface area contributed by atoms with Crippen molar-refractivity contribution in [2.45, 2.75) is 12.8 Å². The predicted octanol–water partition coefficient (Wildman–Crippen LogP) is -15.5. The summed E-state index contributed by atoms with van der Waals surface area (Å²) in [6.07, 6.45) is -1.32. The molecule has 0 amide bonds. The largest absolute Gasteiger partial charge is 1.00 e. The van der Waals surface area contributed by atoms with E-state index in [1.807, 2.05) is 0 Å². The van der Waals surface area contributed by atoms with E-state index in [0.29, 0.717) is 13.1 Å². The van der Waals surface area contributed by atoms with Crippen molar-refractivity contribution in [3.8, 4) is 0 Å². The van der Waals surface area contributed by atoms with Gasteiger partial charge in [0.05, 0.1) is 0 Å². The van der Waals surface area contributed by atoms with Crippen LogP contribution in [0.5, 0.6) is 0 Å². The van der Waals surface area contributed by atoms with Crippen molar-refractivity contribution in [2.24, 2.45) is 11.5 Å². The van der Waals surface area contributed by atoms with Gasteiger partial charge >= 0.3 is 206 Å². The molecule has 0 aliphatic rings. The van der Waals surface area contributed by atoms with Crippen LogP contribution in [0.3, 0.4) is 0 Å². The second-order valence-electron chi connectivity index (χ2n) is 2.95. The molecule has 0 radical (unpaired) electrons. The molecule has 0 heterocycles. The fraction of sp³-hybridized carbons (Fsp3) is 1.00. The van der Waals surface area contributed by atoms with Crippen LogP contribution in [0.25, 0.3) is 0 Å². The zero-order chi connectivity index (χ0) is 13.2. The summed E-state index contributed by atoms with van der Waals surface area (Å²) in [6.45, 7) is 1.19. The molecule has 4 N–H and O–H groups in total. The zero-order valence-corrected chi connectivity index (χ0v) is 27.0. The minimum Gasteiger partial charge on any atom is -0.811 e. The van der Waals surface area contributed by atoms with Crippen LogP contribution in [0.1, 0.15) is 12.8 Å². The topological polar surface area (TPSA) is 178 Å². The second-order valence-corrected chi connectivity index (χ2v) is 6.29. The van der Waals surface area contributed by atoms with Crippen molar-refractivity contribution < 1.29 is 234 Å². The summed E-state index contributed by atoms with van der Waals surface area (Å²) in [5, 5.41) is 0. The summed E-state index contributed by atoms with van der Waals surface area (Å²) in [7, 11) is -9.08. The first kappa shape index (κ1) is 41.2. The average Bonchev–Trinajstić information content (AvgIpc) is 2.10. The molecule has 0 aromatic rings. The first-order valence-corrected chi connectivity index (χ1v) is 8.00. The van der Waals surface area contributed by atoms with Crippen molar-refractivity contribution in [2.75, 3.05) is 25.4 Å². The Balaban J connectivity index is -0.0000000547. The quantitative estimate of drug-likeness (QED) is 0.237. The van der Waals surface area contributed by atoms with Gasteiger partial charge in [0.25, 0.3) is 0 Å². The minimum absolute atomic E-state index is 0. The van der Waals surface area contributed by atoms with Crippen molar-refractivity contribution in [3.05, 3.63) is 0 Å². The summed E-state index contributed by atoms with van der Waals surface area (Å²) in [6, 6.07) is 0. The summed E-state index contributed by atoms with van der Waals surface area (Å²) in [4.78, 5) is 40.0. The Kier molecular flexibility index (Phi) is 53.1. The molecule has 0 aromatic carbocycles. The second kappa shape index (κ2) is 25.8. The first-order valence-electron chi connectivity index (χ1n) is 4.54. The van der Waals surface area contributed by atoms with Gasteiger partial charge in [-0.05, 0) is 25.2 Å². The first-order chi connectivity index (χ1) is 7.12. The molecular weight excluding hydrogens is 414 g/mol. The van der Waals surface area contributed by atoms with Crippen LogP contribution < -0.4 is 237 Å². The van der Waals surface area contributed by atoms with Crippen molar-refractivity contribution in [1.29, 1.82) is 0 Å². The molecule has 0 aromatic heterocycles. The van der Waals surface area contributed by atoms with Gasteiger partial charge in [-0.3, -0.25) is 0 Å². The number of hydrogen-bond acceptors (Lipinski definition) is 8. The molecular formula is C6H16K4N2O6P2. The Morgan fingerprint density at radius 2 is 0.850 bits per heavy atom. The standard InChI is InChI=1S/C4H12O6P2.C2H8N2.4K/c5-11(6,7)3-1-2-4-12(8,9)10;3-1-2-4;;;;/h1-4H2,(H2,5,6,7)(H2,8,9,10);1-4H2;;;;/q;;4*+1/p-4. The summed E-state index contributed by atoms with van der Waals surface area (Å²) >= 11 is 0. The van der Waals surface area contributed by atoms with Gasteiger partial charge in [0.15, 0.2) is 0 Å². The Morgan fingerprint density at radius 1 is 0.650 bits per heavy atom. The maximum Gasteiger partial charge on any atom is 1.00 e. The molecule has 0 aliphatic carbocycles.